The third-order valence-electron chi connectivity index (χ3n) is 4.17. The fraction of sp³-hybridized carbons (Fsp3) is 0.0833. The molecule has 4 nitrogen and oxygen atoms in total. The molecule has 0 spiro atoms. The molecule has 3 aromatic carbocycles. The maximum Gasteiger partial charge on any atom is 0.262 e. The molecule has 1 amide bonds. The van der Waals surface area contributed by atoms with Crippen molar-refractivity contribution in [2.45, 2.75) is 6.92 Å². The maximum absolute atomic E-state index is 12.0. The number of aryl methyl sites for hydroxylation is 1. The van der Waals surface area contributed by atoms with Crippen LogP contribution in [-0.2, 0) is 4.79 Å². The second-order valence-electron chi connectivity index (χ2n) is 6.43. The summed E-state index contributed by atoms with van der Waals surface area (Å²) >= 11 is 6.30. The van der Waals surface area contributed by atoms with Crippen molar-refractivity contribution in [3.05, 3.63) is 94.5 Å². The average Bonchev–Trinajstić information content (AvgIpc) is 2.73. The Balaban J connectivity index is 1.67. The predicted molar refractivity (Wildman–Crippen MR) is 117 cm³/mol. The Labute approximate surface area is 175 Å². The number of allylic oxidation sites excluding steroid dienone is 1. The molecule has 29 heavy (non-hydrogen) atoms. The largest absolute Gasteiger partial charge is 0.482 e. The number of carbonyl (C=O) groups excluding carboxylic acids is 1. The molecule has 0 radical (unpaired) electrons. The number of rotatable bonds is 6. The Bertz CT molecular complexity index is 1070. The summed E-state index contributed by atoms with van der Waals surface area (Å²) in [6, 6.07) is 24.3. The molecule has 0 unspecified atom stereocenters. The van der Waals surface area contributed by atoms with Crippen molar-refractivity contribution in [1.29, 1.82) is 5.26 Å². The molecule has 0 atom stereocenters. The second kappa shape index (κ2) is 9.59. The minimum atomic E-state index is -0.276. The lowest BCUT2D eigenvalue weighted by atomic mass is 10.0. The summed E-state index contributed by atoms with van der Waals surface area (Å²) in [5.41, 5.74) is 3.98. The first-order valence-corrected chi connectivity index (χ1v) is 9.39. The normalized spacial score (nSPS) is 10.9. The minimum Gasteiger partial charge on any atom is -0.482 e. The zero-order chi connectivity index (χ0) is 20.6. The van der Waals surface area contributed by atoms with Crippen LogP contribution in [0.1, 0.15) is 16.7 Å². The highest BCUT2D eigenvalue weighted by Gasteiger charge is 2.08. The molecule has 0 heterocycles. The number of para-hydroxylation sites is 1. The molecule has 0 aliphatic carbocycles. The standard InChI is InChI=1S/C24H19ClN2O2/c1-17-7-10-19(11-8-17)20(15-26)13-18-9-12-23(22(25)14-18)29-16-24(28)27-21-5-3-2-4-6-21/h2-14H,16H2,1H3,(H,27,28)/b20-13+. The third-order valence-corrected chi connectivity index (χ3v) is 4.46. The number of nitrogens with zero attached hydrogens (tertiary/aromatic N) is 1. The molecule has 0 bridgehead atoms. The van der Waals surface area contributed by atoms with Crippen LogP contribution in [0.2, 0.25) is 5.02 Å². The van der Waals surface area contributed by atoms with Crippen LogP contribution in [0.5, 0.6) is 5.75 Å². The van der Waals surface area contributed by atoms with Crippen molar-refractivity contribution in [1.82, 2.24) is 0 Å². The van der Waals surface area contributed by atoms with Gasteiger partial charge < -0.3 is 10.1 Å². The summed E-state index contributed by atoms with van der Waals surface area (Å²) in [6.07, 6.45) is 1.77. The van der Waals surface area contributed by atoms with E-state index < -0.39 is 0 Å². The van der Waals surface area contributed by atoms with E-state index in [4.69, 9.17) is 16.3 Å². The SMILES string of the molecule is Cc1ccc(/C(C#N)=C/c2ccc(OCC(=O)Nc3ccccc3)c(Cl)c2)cc1. The van der Waals surface area contributed by atoms with Crippen LogP contribution >= 0.6 is 11.6 Å². The molecule has 3 rings (SSSR count). The highest BCUT2D eigenvalue weighted by molar-refractivity contribution is 6.32. The van der Waals surface area contributed by atoms with Gasteiger partial charge in [0, 0.05) is 5.69 Å². The Morgan fingerprint density at radius 2 is 1.83 bits per heavy atom. The number of carbonyl (C=O) groups is 1. The first-order chi connectivity index (χ1) is 14.0. The lowest BCUT2D eigenvalue weighted by Crippen LogP contribution is -2.20. The summed E-state index contributed by atoms with van der Waals surface area (Å²) < 4.78 is 5.53. The van der Waals surface area contributed by atoms with E-state index in [1.165, 1.54) is 0 Å². The highest BCUT2D eigenvalue weighted by Crippen LogP contribution is 2.27. The monoisotopic (exact) mass is 402 g/mol. The van der Waals surface area contributed by atoms with Gasteiger partial charge in [0.05, 0.1) is 16.7 Å². The number of amides is 1. The van der Waals surface area contributed by atoms with Gasteiger partial charge in [-0.05, 0) is 48.4 Å². The van der Waals surface area contributed by atoms with Crippen LogP contribution in [0.4, 0.5) is 5.69 Å². The van der Waals surface area contributed by atoms with E-state index >= 15 is 0 Å². The van der Waals surface area contributed by atoms with E-state index in [-0.39, 0.29) is 12.5 Å². The summed E-state index contributed by atoms with van der Waals surface area (Å²) in [5, 5.41) is 12.6. The zero-order valence-electron chi connectivity index (χ0n) is 15.9. The van der Waals surface area contributed by atoms with E-state index in [0.717, 1.165) is 16.7 Å². The van der Waals surface area contributed by atoms with Gasteiger partial charge in [0.25, 0.3) is 5.91 Å². The van der Waals surface area contributed by atoms with Crippen LogP contribution < -0.4 is 10.1 Å². The fourth-order valence-electron chi connectivity index (χ4n) is 2.67. The molecule has 0 saturated heterocycles. The molecular weight excluding hydrogens is 384 g/mol. The Morgan fingerprint density at radius 1 is 1.10 bits per heavy atom. The minimum absolute atomic E-state index is 0.156. The fourth-order valence-corrected chi connectivity index (χ4v) is 2.91. The van der Waals surface area contributed by atoms with Crippen molar-refractivity contribution >= 4 is 34.8 Å². The van der Waals surface area contributed by atoms with E-state index in [1.807, 2.05) is 49.4 Å². The van der Waals surface area contributed by atoms with Crippen LogP contribution in [0.3, 0.4) is 0 Å². The topological polar surface area (TPSA) is 62.1 Å². The number of anilines is 1. The molecule has 0 aromatic heterocycles. The van der Waals surface area contributed by atoms with Crippen molar-refractivity contribution < 1.29 is 9.53 Å². The van der Waals surface area contributed by atoms with Gasteiger partial charge in [-0.25, -0.2) is 0 Å². The molecule has 5 heteroatoms. The molecule has 0 aliphatic rings. The predicted octanol–water partition coefficient (Wildman–Crippen LogP) is 5.73. The van der Waals surface area contributed by atoms with Gasteiger partial charge in [-0.3, -0.25) is 4.79 Å². The summed E-state index contributed by atoms with van der Waals surface area (Å²) in [7, 11) is 0. The smallest absolute Gasteiger partial charge is 0.262 e. The van der Waals surface area contributed by atoms with E-state index in [2.05, 4.69) is 11.4 Å². The molecule has 0 saturated carbocycles. The Hall–Kier alpha value is -3.55. The number of hydrogen-bond acceptors (Lipinski definition) is 3. The lowest BCUT2D eigenvalue weighted by molar-refractivity contribution is -0.118. The summed E-state index contributed by atoms with van der Waals surface area (Å²) in [5.74, 6) is 0.128. The second-order valence-corrected chi connectivity index (χ2v) is 6.84. The van der Waals surface area contributed by atoms with Gasteiger partial charge in [0.15, 0.2) is 6.61 Å². The van der Waals surface area contributed by atoms with E-state index in [9.17, 15) is 10.1 Å². The van der Waals surface area contributed by atoms with Crippen molar-refractivity contribution in [3.8, 4) is 11.8 Å². The van der Waals surface area contributed by atoms with Gasteiger partial charge in [-0.2, -0.15) is 5.26 Å². The number of nitrogens with one attached hydrogen (secondary N) is 1. The maximum atomic E-state index is 12.0. The van der Waals surface area contributed by atoms with Crippen molar-refractivity contribution in [2.24, 2.45) is 0 Å². The van der Waals surface area contributed by atoms with Crippen molar-refractivity contribution in [2.75, 3.05) is 11.9 Å². The number of hydrogen-bond donors (Lipinski definition) is 1. The molecular formula is C24H19ClN2O2. The first-order valence-electron chi connectivity index (χ1n) is 9.01. The number of ether oxygens (including phenoxy) is 1. The van der Waals surface area contributed by atoms with Gasteiger partial charge in [-0.15, -0.1) is 0 Å². The van der Waals surface area contributed by atoms with Crippen molar-refractivity contribution in [3.63, 3.8) is 0 Å². The van der Waals surface area contributed by atoms with E-state index in [1.54, 1.807) is 36.4 Å². The van der Waals surface area contributed by atoms with Crippen LogP contribution in [0.15, 0.2) is 72.8 Å². The Kier molecular flexibility index (Phi) is 6.67. The lowest BCUT2D eigenvalue weighted by Gasteiger charge is -2.09. The summed E-state index contributed by atoms with van der Waals surface area (Å²) in [4.78, 5) is 12.0. The molecule has 0 fully saturated rings. The first kappa shape index (κ1) is 20.2. The zero-order valence-corrected chi connectivity index (χ0v) is 16.6. The number of nitriles is 1. The molecule has 1 N–H and O–H groups in total. The third kappa shape index (κ3) is 5.71. The van der Waals surface area contributed by atoms with Gasteiger partial charge >= 0.3 is 0 Å². The van der Waals surface area contributed by atoms with Gasteiger partial charge in [-0.1, -0.05) is 65.7 Å². The summed E-state index contributed by atoms with van der Waals surface area (Å²) in [6.45, 7) is 1.84. The number of benzene rings is 3. The molecule has 144 valence electrons. The number of halogens is 1. The highest BCUT2D eigenvalue weighted by atomic mass is 35.5. The molecule has 0 aliphatic heterocycles. The quantitative estimate of drug-likeness (QED) is 0.423. The average molecular weight is 403 g/mol. The molecule has 3 aromatic rings. The van der Waals surface area contributed by atoms with Crippen LogP contribution in [0, 0.1) is 18.3 Å². The van der Waals surface area contributed by atoms with Gasteiger partial charge in [0.2, 0.25) is 0 Å². The van der Waals surface area contributed by atoms with Crippen LogP contribution in [-0.4, -0.2) is 12.5 Å². The van der Waals surface area contributed by atoms with E-state index in [0.29, 0.717) is 22.0 Å². The van der Waals surface area contributed by atoms with Crippen LogP contribution in [0.25, 0.3) is 11.6 Å². The van der Waals surface area contributed by atoms with Gasteiger partial charge in [0.1, 0.15) is 5.75 Å². The Morgan fingerprint density at radius 3 is 2.48 bits per heavy atom.